The molecule has 1 aromatic rings. The average Bonchev–Trinajstić information content (AvgIpc) is 2.89. The van der Waals surface area contributed by atoms with E-state index in [2.05, 4.69) is 17.4 Å². The molecule has 18 heavy (non-hydrogen) atoms. The van der Waals surface area contributed by atoms with E-state index in [-0.39, 0.29) is 11.8 Å². The van der Waals surface area contributed by atoms with Crippen LogP contribution in [0.1, 0.15) is 23.6 Å². The standard InChI is InChI=1S/C14H14N2O2/c1-9-4-13(17)16(14(9)18)8-10-2-3-11-6-15-7-12(11)5-10/h2-5,15H,6-8H2,1H3. The van der Waals surface area contributed by atoms with E-state index in [1.807, 2.05) is 6.07 Å². The zero-order valence-corrected chi connectivity index (χ0v) is 10.2. The first-order valence-corrected chi connectivity index (χ1v) is 6.00. The summed E-state index contributed by atoms with van der Waals surface area (Å²) in [6, 6.07) is 6.12. The minimum absolute atomic E-state index is 0.182. The van der Waals surface area contributed by atoms with Crippen LogP contribution < -0.4 is 5.32 Å². The first kappa shape index (κ1) is 11.2. The predicted molar refractivity (Wildman–Crippen MR) is 66.3 cm³/mol. The van der Waals surface area contributed by atoms with Crippen LogP contribution in [0.3, 0.4) is 0 Å². The lowest BCUT2D eigenvalue weighted by molar-refractivity contribution is -0.137. The fourth-order valence-electron chi connectivity index (χ4n) is 2.42. The molecule has 0 spiro atoms. The lowest BCUT2D eigenvalue weighted by Gasteiger charge is -2.15. The van der Waals surface area contributed by atoms with Crippen molar-refractivity contribution in [1.82, 2.24) is 10.2 Å². The molecule has 2 heterocycles. The van der Waals surface area contributed by atoms with Gasteiger partial charge >= 0.3 is 0 Å². The van der Waals surface area contributed by atoms with Crippen molar-refractivity contribution in [3.05, 3.63) is 46.5 Å². The highest BCUT2D eigenvalue weighted by molar-refractivity contribution is 6.15. The van der Waals surface area contributed by atoms with Crippen LogP contribution in [-0.4, -0.2) is 16.7 Å². The second kappa shape index (κ2) is 4.07. The molecule has 4 nitrogen and oxygen atoms in total. The van der Waals surface area contributed by atoms with Crippen molar-refractivity contribution in [2.75, 3.05) is 0 Å². The number of rotatable bonds is 2. The van der Waals surface area contributed by atoms with Crippen molar-refractivity contribution >= 4 is 11.8 Å². The zero-order chi connectivity index (χ0) is 12.7. The molecule has 0 bridgehead atoms. The Morgan fingerprint density at radius 1 is 1.22 bits per heavy atom. The van der Waals surface area contributed by atoms with E-state index in [9.17, 15) is 9.59 Å². The monoisotopic (exact) mass is 242 g/mol. The molecule has 92 valence electrons. The largest absolute Gasteiger partial charge is 0.309 e. The molecule has 0 radical (unpaired) electrons. The van der Waals surface area contributed by atoms with Crippen LogP contribution in [0.25, 0.3) is 0 Å². The number of hydrogen-bond acceptors (Lipinski definition) is 3. The Bertz CT molecular complexity index is 575. The van der Waals surface area contributed by atoms with E-state index < -0.39 is 0 Å². The molecule has 0 fully saturated rings. The van der Waals surface area contributed by atoms with Gasteiger partial charge in [-0.05, 0) is 23.6 Å². The van der Waals surface area contributed by atoms with Crippen LogP contribution in [-0.2, 0) is 29.2 Å². The number of fused-ring (bicyclic) bond motifs is 1. The smallest absolute Gasteiger partial charge is 0.256 e. The highest BCUT2D eigenvalue weighted by Crippen LogP contribution is 2.20. The van der Waals surface area contributed by atoms with Gasteiger partial charge in [-0.25, -0.2) is 0 Å². The third-order valence-electron chi connectivity index (χ3n) is 3.43. The summed E-state index contributed by atoms with van der Waals surface area (Å²) in [7, 11) is 0. The van der Waals surface area contributed by atoms with Gasteiger partial charge in [0.25, 0.3) is 11.8 Å². The SMILES string of the molecule is CC1=CC(=O)N(Cc2ccc3c(c2)CNC3)C1=O. The second-order valence-electron chi connectivity index (χ2n) is 4.76. The maximum Gasteiger partial charge on any atom is 0.256 e. The van der Waals surface area contributed by atoms with Crippen molar-refractivity contribution < 1.29 is 9.59 Å². The Morgan fingerprint density at radius 3 is 2.72 bits per heavy atom. The molecule has 0 saturated heterocycles. The molecule has 1 aromatic carbocycles. The van der Waals surface area contributed by atoms with Crippen LogP contribution in [0.2, 0.25) is 0 Å². The fourth-order valence-corrected chi connectivity index (χ4v) is 2.42. The molecule has 0 unspecified atom stereocenters. The van der Waals surface area contributed by atoms with Gasteiger partial charge in [0.2, 0.25) is 0 Å². The third kappa shape index (κ3) is 1.75. The lowest BCUT2D eigenvalue weighted by atomic mass is 10.1. The van der Waals surface area contributed by atoms with E-state index in [0.29, 0.717) is 12.1 Å². The highest BCUT2D eigenvalue weighted by Gasteiger charge is 2.28. The summed E-state index contributed by atoms with van der Waals surface area (Å²) in [4.78, 5) is 24.7. The number of benzene rings is 1. The van der Waals surface area contributed by atoms with Crippen LogP contribution >= 0.6 is 0 Å². The Labute approximate surface area is 105 Å². The Balaban J connectivity index is 1.82. The summed E-state index contributed by atoms with van der Waals surface area (Å²) >= 11 is 0. The molecular formula is C14H14N2O2. The van der Waals surface area contributed by atoms with E-state index >= 15 is 0 Å². The van der Waals surface area contributed by atoms with Gasteiger partial charge in [0, 0.05) is 24.7 Å². The maximum absolute atomic E-state index is 11.8. The topological polar surface area (TPSA) is 49.4 Å². The minimum Gasteiger partial charge on any atom is -0.309 e. The minimum atomic E-state index is -0.212. The van der Waals surface area contributed by atoms with Gasteiger partial charge in [0.1, 0.15) is 0 Å². The van der Waals surface area contributed by atoms with Gasteiger partial charge < -0.3 is 5.32 Å². The van der Waals surface area contributed by atoms with Crippen molar-refractivity contribution in [2.45, 2.75) is 26.6 Å². The van der Waals surface area contributed by atoms with E-state index in [1.165, 1.54) is 22.1 Å². The van der Waals surface area contributed by atoms with Crippen LogP contribution in [0.5, 0.6) is 0 Å². The molecule has 1 N–H and O–H groups in total. The lowest BCUT2D eigenvalue weighted by Crippen LogP contribution is -2.30. The van der Waals surface area contributed by atoms with Crippen molar-refractivity contribution in [1.29, 1.82) is 0 Å². The maximum atomic E-state index is 11.8. The van der Waals surface area contributed by atoms with Crippen molar-refractivity contribution in [3.8, 4) is 0 Å². The highest BCUT2D eigenvalue weighted by atomic mass is 16.2. The van der Waals surface area contributed by atoms with E-state index in [0.717, 1.165) is 18.7 Å². The van der Waals surface area contributed by atoms with Gasteiger partial charge in [-0.3, -0.25) is 14.5 Å². The first-order valence-electron chi connectivity index (χ1n) is 6.00. The quantitative estimate of drug-likeness (QED) is 0.790. The van der Waals surface area contributed by atoms with Gasteiger partial charge in [-0.15, -0.1) is 0 Å². The summed E-state index contributed by atoms with van der Waals surface area (Å²) < 4.78 is 0. The molecule has 2 aliphatic rings. The van der Waals surface area contributed by atoms with Gasteiger partial charge in [0.15, 0.2) is 0 Å². The molecule has 3 rings (SSSR count). The van der Waals surface area contributed by atoms with E-state index in [1.54, 1.807) is 6.92 Å². The van der Waals surface area contributed by atoms with Crippen molar-refractivity contribution in [2.24, 2.45) is 0 Å². The molecule has 4 heteroatoms. The summed E-state index contributed by atoms with van der Waals surface area (Å²) in [6.07, 6.45) is 1.40. The predicted octanol–water partition coefficient (Wildman–Crippen LogP) is 1.10. The zero-order valence-electron chi connectivity index (χ0n) is 10.2. The number of imide groups is 1. The van der Waals surface area contributed by atoms with Gasteiger partial charge in [-0.1, -0.05) is 18.2 Å². The van der Waals surface area contributed by atoms with Crippen LogP contribution in [0.4, 0.5) is 0 Å². The van der Waals surface area contributed by atoms with Crippen LogP contribution in [0, 0.1) is 0 Å². The first-order chi connectivity index (χ1) is 8.65. The average molecular weight is 242 g/mol. The Kier molecular flexibility index (Phi) is 2.52. The van der Waals surface area contributed by atoms with E-state index in [4.69, 9.17) is 0 Å². The molecule has 0 atom stereocenters. The third-order valence-corrected chi connectivity index (χ3v) is 3.43. The molecule has 0 aliphatic carbocycles. The normalized spacial score (nSPS) is 18.3. The number of carbonyl (C=O) groups excluding carboxylic acids is 2. The number of carbonyl (C=O) groups is 2. The molecule has 2 amide bonds. The molecular weight excluding hydrogens is 228 g/mol. The molecule has 0 saturated carbocycles. The van der Waals surface area contributed by atoms with Gasteiger partial charge in [0.05, 0.1) is 6.54 Å². The Morgan fingerprint density at radius 2 is 2.00 bits per heavy atom. The number of nitrogens with one attached hydrogen (secondary N) is 1. The fraction of sp³-hybridized carbons (Fsp3) is 0.286. The molecule has 2 aliphatic heterocycles. The second-order valence-corrected chi connectivity index (χ2v) is 4.76. The summed E-state index contributed by atoms with van der Waals surface area (Å²) in [5.41, 5.74) is 4.08. The number of nitrogens with zero attached hydrogens (tertiary/aromatic N) is 1. The van der Waals surface area contributed by atoms with Crippen LogP contribution in [0.15, 0.2) is 29.8 Å². The summed E-state index contributed by atoms with van der Waals surface area (Å²) in [5, 5.41) is 3.28. The molecule has 0 aromatic heterocycles. The summed E-state index contributed by atoms with van der Waals surface area (Å²) in [6.45, 7) is 3.80. The van der Waals surface area contributed by atoms with Crippen molar-refractivity contribution in [3.63, 3.8) is 0 Å². The Hall–Kier alpha value is -1.94. The van der Waals surface area contributed by atoms with Gasteiger partial charge in [-0.2, -0.15) is 0 Å². The number of amides is 2. The number of hydrogen-bond donors (Lipinski definition) is 1. The summed E-state index contributed by atoms with van der Waals surface area (Å²) in [5.74, 6) is -0.394.